The lowest BCUT2D eigenvalue weighted by Gasteiger charge is -2.02. The molecule has 2 aromatic rings. The van der Waals surface area contributed by atoms with Crippen LogP contribution >= 0.6 is 0 Å². The van der Waals surface area contributed by atoms with Gasteiger partial charge in [-0.25, -0.2) is 9.48 Å². The van der Waals surface area contributed by atoms with Crippen molar-refractivity contribution in [1.82, 2.24) is 15.0 Å². The summed E-state index contributed by atoms with van der Waals surface area (Å²) in [5, 5.41) is 17.3. The molecule has 0 unspecified atom stereocenters. The van der Waals surface area contributed by atoms with E-state index in [0.29, 0.717) is 24.6 Å². The number of ether oxygens (including phenoxy) is 1. The number of carbonyl (C=O) groups is 1. The van der Waals surface area contributed by atoms with E-state index in [0.717, 1.165) is 25.7 Å². The van der Waals surface area contributed by atoms with Crippen LogP contribution in [0.25, 0.3) is 5.69 Å². The number of rotatable bonds is 12. The van der Waals surface area contributed by atoms with E-state index < -0.39 is 5.97 Å². The lowest BCUT2D eigenvalue weighted by Crippen LogP contribution is -2.00. The fourth-order valence-corrected chi connectivity index (χ4v) is 2.98. The average molecular weight is 424 g/mol. The molecule has 0 saturated carbocycles. The number of hydrogen-bond acceptors (Lipinski definition) is 4. The van der Waals surface area contributed by atoms with E-state index in [2.05, 4.69) is 56.2 Å². The summed E-state index contributed by atoms with van der Waals surface area (Å²) in [6, 6.07) is 6.58. The van der Waals surface area contributed by atoms with Crippen LogP contribution in [0.4, 0.5) is 0 Å². The van der Waals surface area contributed by atoms with E-state index in [9.17, 15) is 4.79 Å². The van der Waals surface area contributed by atoms with Crippen LogP contribution in [0.15, 0.2) is 65.4 Å². The summed E-state index contributed by atoms with van der Waals surface area (Å²) in [6.07, 6.45) is 12.8. The average Bonchev–Trinajstić information content (AvgIpc) is 3.20. The van der Waals surface area contributed by atoms with Crippen LogP contribution < -0.4 is 0 Å². The van der Waals surface area contributed by atoms with Crippen molar-refractivity contribution in [2.24, 2.45) is 0 Å². The molecule has 0 amide bonds. The number of benzene rings is 1. The monoisotopic (exact) mass is 423 g/mol. The molecule has 0 aliphatic rings. The third kappa shape index (κ3) is 9.13. The minimum Gasteiger partial charge on any atom is -0.478 e. The molecule has 2 rings (SSSR count). The van der Waals surface area contributed by atoms with Gasteiger partial charge in [-0.05, 0) is 71.6 Å². The summed E-state index contributed by atoms with van der Waals surface area (Å²) in [5.74, 6) is -0.970. The van der Waals surface area contributed by atoms with Gasteiger partial charge in [0.1, 0.15) is 5.69 Å². The highest BCUT2D eigenvalue weighted by Crippen LogP contribution is 2.12. The molecule has 0 aliphatic heterocycles. The van der Waals surface area contributed by atoms with Crippen LogP contribution in [0, 0.1) is 0 Å². The van der Waals surface area contributed by atoms with Crippen LogP contribution in [0.3, 0.4) is 0 Å². The highest BCUT2D eigenvalue weighted by molar-refractivity contribution is 5.88. The normalized spacial score (nSPS) is 12.1. The highest BCUT2D eigenvalue weighted by Gasteiger charge is 2.07. The molecule has 6 nitrogen and oxygen atoms in total. The molecule has 0 spiro atoms. The van der Waals surface area contributed by atoms with Crippen LogP contribution in [0.1, 0.15) is 69.4 Å². The fraction of sp³-hybridized carbons (Fsp3) is 0.400. The lowest BCUT2D eigenvalue weighted by atomic mass is 10.1. The first-order valence-corrected chi connectivity index (χ1v) is 10.6. The highest BCUT2D eigenvalue weighted by atomic mass is 16.5. The Morgan fingerprint density at radius 3 is 2.48 bits per heavy atom. The number of carboxylic acid groups (broad SMARTS) is 1. The SMILES string of the molecule is CC(C)=CCC/C(C)=C/CC/C(C)=C/COCc1cn(-c2cccc(C(=O)O)c2)nn1. The summed E-state index contributed by atoms with van der Waals surface area (Å²) < 4.78 is 7.25. The molecule has 1 aromatic heterocycles. The first-order valence-electron chi connectivity index (χ1n) is 10.6. The minimum atomic E-state index is -0.970. The van der Waals surface area contributed by atoms with E-state index >= 15 is 0 Å². The number of hydrogen-bond donors (Lipinski definition) is 1. The molecule has 1 N–H and O–H groups in total. The number of carboxylic acids is 1. The van der Waals surface area contributed by atoms with Crippen molar-refractivity contribution in [2.45, 2.75) is 60.0 Å². The Hall–Kier alpha value is -2.99. The predicted molar refractivity (Wildman–Crippen MR) is 123 cm³/mol. The van der Waals surface area contributed by atoms with Gasteiger partial charge in [-0.1, -0.05) is 46.2 Å². The summed E-state index contributed by atoms with van der Waals surface area (Å²) in [5.41, 5.74) is 5.69. The zero-order valence-electron chi connectivity index (χ0n) is 19.0. The van der Waals surface area contributed by atoms with Crippen LogP contribution in [-0.4, -0.2) is 32.7 Å². The van der Waals surface area contributed by atoms with Gasteiger partial charge in [0.25, 0.3) is 0 Å². The molecule has 0 radical (unpaired) electrons. The minimum absolute atomic E-state index is 0.212. The maximum absolute atomic E-state index is 11.1. The topological polar surface area (TPSA) is 77.2 Å². The van der Waals surface area contributed by atoms with Gasteiger partial charge >= 0.3 is 5.97 Å². The Morgan fingerprint density at radius 1 is 1.06 bits per heavy atom. The van der Waals surface area contributed by atoms with Gasteiger partial charge in [-0.15, -0.1) is 5.10 Å². The maximum atomic E-state index is 11.1. The molecular weight excluding hydrogens is 390 g/mol. The largest absolute Gasteiger partial charge is 0.478 e. The zero-order valence-corrected chi connectivity index (χ0v) is 19.0. The van der Waals surface area contributed by atoms with Gasteiger partial charge in [0, 0.05) is 0 Å². The van der Waals surface area contributed by atoms with Gasteiger partial charge in [0.15, 0.2) is 0 Å². The Bertz CT molecular complexity index is 950. The van der Waals surface area contributed by atoms with Crippen LogP contribution in [0.2, 0.25) is 0 Å². The summed E-state index contributed by atoms with van der Waals surface area (Å²) in [7, 11) is 0. The molecule has 166 valence electrons. The second-order valence-electron chi connectivity index (χ2n) is 7.98. The zero-order chi connectivity index (χ0) is 22.6. The van der Waals surface area contributed by atoms with Crippen molar-refractivity contribution in [1.29, 1.82) is 0 Å². The quantitative estimate of drug-likeness (QED) is 0.340. The lowest BCUT2D eigenvalue weighted by molar-refractivity contribution is 0.0697. The molecule has 1 heterocycles. The smallest absolute Gasteiger partial charge is 0.335 e. The van der Waals surface area contributed by atoms with E-state index in [1.807, 2.05) is 0 Å². The summed E-state index contributed by atoms with van der Waals surface area (Å²) in [6.45, 7) is 9.48. The Morgan fingerprint density at radius 2 is 1.77 bits per heavy atom. The van der Waals surface area contributed by atoms with Crippen molar-refractivity contribution < 1.29 is 14.6 Å². The van der Waals surface area contributed by atoms with Crippen molar-refractivity contribution in [3.63, 3.8) is 0 Å². The van der Waals surface area contributed by atoms with E-state index in [1.165, 1.54) is 16.7 Å². The molecule has 6 heteroatoms. The predicted octanol–water partition coefficient (Wildman–Crippen LogP) is 5.90. The third-order valence-corrected chi connectivity index (χ3v) is 4.82. The summed E-state index contributed by atoms with van der Waals surface area (Å²) in [4.78, 5) is 11.1. The second kappa shape index (κ2) is 12.6. The maximum Gasteiger partial charge on any atom is 0.335 e. The number of nitrogens with zero attached hydrogens (tertiary/aromatic N) is 3. The molecular formula is C25H33N3O3. The third-order valence-electron chi connectivity index (χ3n) is 4.82. The van der Waals surface area contributed by atoms with Crippen molar-refractivity contribution in [3.8, 4) is 5.69 Å². The van der Waals surface area contributed by atoms with Gasteiger partial charge in [0.2, 0.25) is 0 Å². The van der Waals surface area contributed by atoms with E-state index in [4.69, 9.17) is 9.84 Å². The molecule has 0 saturated heterocycles. The molecule has 0 atom stereocenters. The molecule has 0 bridgehead atoms. The van der Waals surface area contributed by atoms with E-state index in [-0.39, 0.29) is 5.56 Å². The number of aromatic nitrogens is 3. The fourth-order valence-electron chi connectivity index (χ4n) is 2.98. The van der Waals surface area contributed by atoms with Gasteiger partial charge < -0.3 is 9.84 Å². The molecule has 0 fully saturated rings. The van der Waals surface area contributed by atoms with Crippen LogP contribution in [0.5, 0.6) is 0 Å². The first-order chi connectivity index (χ1) is 14.8. The standard InChI is InChI=1S/C25H33N3O3/c1-19(2)8-5-9-20(3)10-6-11-21(4)14-15-31-18-23-17-28(27-26-23)24-13-7-12-22(16-24)25(29)30/h7-8,10,12-14,16-17H,5-6,9,11,15,18H2,1-4H3,(H,29,30)/b20-10+,21-14+. The molecule has 1 aromatic carbocycles. The number of aromatic carboxylic acids is 1. The van der Waals surface area contributed by atoms with E-state index in [1.54, 1.807) is 35.1 Å². The van der Waals surface area contributed by atoms with Crippen molar-refractivity contribution >= 4 is 5.97 Å². The van der Waals surface area contributed by atoms with Crippen LogP contribution in [-0.2, 0) is 11.3 Å². The Kier molecular flexibility index (Phi) is 9.91. The van der Waals surface area contributed by atoms with Crippen molar-refractivity contribution in [2.75, 3.05) is 6.61 Å². The molecule has 31 heavy (non-hydrogen) atoms. The Labute approximate surface area is 184 Å². The first kappa shape index (κ1) is 24.3. The second-order valence-corrected chi connectivity index (χ2v) is 7.98. The van der Waals surface area contributed by atoms with Gasteiger partial charge in [0.05, 0.1) is 30.7 Å². The Balaban J connectivity index is 1.73. The van der Waals surface area contributed by atoms with Crippen molar-refractivity contribution in [3.05, 3.63) is 76.7 Å². The molecule has 0 aliphatic carbocycles. The van der Waals surface area contributed by atoms with Gasteiger partial charge in [-0.2, -0.15) is 0 Å². The number of allylic oxidation sites excluding steroid dienone is 5. The van der Waals surface area contributed by atoms with Gasteiger partial charge in [-0.3, -0.25) is 0 Å². The summed E-state index contributed by atoms with van der Waals surface area (Å²) >= 11 is 0.